The Balaban J connectivity index is 1.76. The molecule has 30 heavy (non-hydrogen) atoms. The molecule has 0 spiro atoms. The Labute approximate surface area is 175 Å². The summed E-state index contributed by atoms with van der Waals surface area (Å²) >= 11 is 5.60. The van der Waals surface area contributed by atoms with E-state index in [1.165, 1.54) is 6.07 Å². The van der Waals surface area contributed by atoms with Crippen molar-refractivity contribution < 1.29 is 27.2 Å². The number of rotatable bonds is 6. The summed E-state index contributed by atoms with van der Waals surface area (Å²) in [5.41, 5.74) is 0.375. The fourth-order valence-electron chi connectivity index (χ4n) is 2.73. The van der Waals surface area contributed by atoms with Crippen LogP contribution in [0, 0.1) is 6.92 Å². The Bertz CT molecular complexity index is 1050. The Morgan fingerprint density at radius 3 is 2.53 bits per heavy atom. The average Bonchev–Trinajstić information content (AvgIpc) is 3.08. The molecule has 0 aliphatic rings. The smallest absolute Gasteiger partial charge is 0.417 e. The van der Waals surface area contributed by atoms with Gasteiger partial charge in [0, 0.05) is 5.69 Å². The number of hydrogen-bond acceptors (Lipinski definition) is 4. The van der Waals surface area contributed by atoms with Gasteiger partial charge in [0.15, 0.2) is 5.69 Å². The number of carbonyl (C=O) groups is 1. The van der Waals surface area contributed by atoms with Gasteiger partial charge in [0.2, 0.25) is 0 Å². The molecular weight excluding hydrogens is 421 g/mol. The van der Waals surface area contributed by atoms with Gasteiger partial charge in [0.25, 0.3) is 5.91 Å². The SMILES string of the molecule is CCc1ccc(OCc2c(C(=O)Nc3ccc(Cl)c(C(F)(F)F)c3)noc2C)cc1. The van der Waals surface area contributed by atoms with Gasteiger partial charge in [-0.15, -0.1) is 0 Å². The highest BCUT2D eigenvalue weighted by Gasteiger charge is 2.33. The van der Waals surface area contributed by atoms with E-state index in [0.717, 1.165) is 24.1 Å². The van der Waals surface area contributed by atoms with Crippen LogP contribution in [0.3, 0.4) is 0 Å². The molecule has 1 aromatic heterocycles. The predicted molar refractivity (Wildman–Crippen MR) is 106 cm³/mol. The lowest BCUT2D eigenvalue weighted by molar-refractivity contribution is -0.137. The second-order valence-corrected chi connectivity index (χ2v) is 6.91. The van der Waals surface area contributed by atoms with E-state index < -0.39 is 22.7 Å². The maximum atomic E-state index is 13.0. The van der Waals surface area contributed by atoms with Crippen LogP contribution in [0.4, 0.5) is 18.9 Å². The highest BCUT2D eigenvalue weighted by Crippen LogP contribution is 2.36. The summed E-state index contributed by atoms with van der Waals surface area (Å²) in [6, 6.07) is 10.6. The van der Waals surface area contributed by atoms with E-state index in [0.29, 0.717) is 17.1 Å². The summed E-state index contributed by atoms with van der Waals surface area (Å²) in [5.74, 6) is 0.256. The van der Waals surface area contributed by atoms with Crippen LogP contribution in [0.1, 0.15) is 39.9 Å². The number of aryl methyl sites for hydroxylation is 2. The van der Waals surface area contributed by atoms with E-state index >= 15 is 0 Å². The lowest BCUT2D eigenvalue weighted by Crippen LogP contribution is -2.16. The van der Waals surface area contributed by atoms with Crippen molar-refractivity contribution in [3.8, 4) is 5.75 Å². The molecule has 3 aromatic rings. The van der Waals surface area contributed by atoms with E-state index in [2.05, 4.69) is 10.5 Å². The van der Waals surface area contributed by atoms with E-state index in [4.69, 9.17) is 20.9 Å². The molecule has 0 bridgehead atoms. The molecule has 3 rings (SSSR count). The summed E-state index contributed by atoms with van der Waals surface area (Å²) in [7, 11) is 0. The Morgan fingerprint density at radius 2 is 1.90 bits per heavy atom. The van der Waals surface area contributed by atoms with Crippen LogP contribution in [-0.4, -0.2) is 11.1 Å². The van der Waals surface area contributed by atoms with Crippen LogP contribution in [0.2, 0.25) is 5.02 Å². The maximum Gasteiger partial charge on any atom is 0.417 e. The molecular formula is C21H18ClF3N2O3. The number of nitrogens with zero attached hydrogens (tertiary/aromatic N) is 1. The van der Waals surface area contributed by atoms with Crippen LogP contribution >= 0.6 is 11.6 Å². The molecule has 1 N–H and O–H groups in total. The first kappa shape index (κ1) is 21.7. The summed E-state index contributed by atoms with van der Waals surface area (Å²) in [5, 5.41) is 5.66. The van der Waals surface area contributed by atoms with E-state index in [1.807, 2.05) is 31.2 Å². The zero-order valence-electron chi connectivity index (χ0n) is 16.1. The third kappa shape index (κ3) is 4.94. The van der Waals surface area contributed by atoms with E-state index in [1.54, 1.807) is 6.92 Å². The summed E-state index contributed by atoms with van der Waals surface area (Å²) in [6.07, 6.45) is -3.75. The largest absolute Gasteiger partial charge is 0.489 e. The minimum atomic E-state index is -4.64. The minimum Gasteiger partial charge on any atom is -0.489 e. The minimum absolute atomic E-state index is 0.0119. The molecule has 9 heteroatoms. The molecule has 5 nitrogen and oxygen atoms in total. The van der Waals surface area contributed by atoms with Gasteiger partial charge in [0.05, 0.1) is 16.1 Å². The third-order valence-electron chi connectivity index (χ3n) is 4.44. The molecule has 0 aliphatic carbocycles. The van der Waals surface area contributed by atoms with Gasteiger partial charge in [0.1, 0.15) is 18.1 Å². The summed E-state index contributed by atoms with van der Waals surface area (Å²) in [4.78, 5) is 12.6. The van der Waals surface area contributed by atoms with Gasteiger partial charge >= 0.3 is 6.18 Å². The zero-order valence-corrected chi connectivity index (χ0v) is 16.9. The number of anilines is 1. The van der Waals surface area contributed by atoms with Gasteiger partial charge in [-0.25, -0.2) is 0 Å². The van der Waals surface area contributed by atoms with Crippen LogP contribution < -0.4 is 10.1 Å². The first-order valence-electron chi connectivity index (χ1n) is 9.04. The quantitative estimate of drug-likeness (QED) is 0.509. The van der Waals surface area contributed by atoms with Gasteiger partial charge < -0.3 is 14.6 Å². The second kappa shape index (κ2) is 8.79. The fourth-order valence-corrected chi connectivity index (χ4v) is 2.95. The van der Waals surface area contributed by atoms with Crippen LogP contribution in [-0.2, 0) is 19.2 Å². The number of benzene rings is 2. The Kier molecular flexibility index (Phi) is 6.36. The van der Waals surface area contributed by atoms with Gasteiger partial charge in [-0.3, -0.25) is 4.79 Å². The van der Waals surface area contributed by atoms with Crippen molar-refractivity contribution in [2.24, 2.45) is 0 Å². The number of ether oxygens (including phenoxy) is 1. The molecule has 0 aliphatic heterocycles. The molecule has 1 heterocycles. The molecule has 0 radical (unpaired) electrons. The number of aromatic nitrogens is 1. The highest BCUT2D eigenvalue weighted by molar-refractivity contribution is 6.31. The molecule has 0 saturated carbocycles. The molecule has 0 fully saturated rings. The molecule has 2 aromatic carbocycles. The number of alkyl halides is 3. The van der Waals surface area contributed by atoms with Crippen molar-refractivity contribution in [1.29, 1.82) is 0 Å². The lowest BCUT2D eigenvalue weighted by atomic mass is 10.1. The Morgan fingerprint density at radius 1 is 1.20 bits per heavy atom. The van der Waals surface area contributed by atoms with Crippen LogP contribution in [0.15, 0.2) is 47.0 Å². The molecule has 0 saturated heterocycles. The van der Waals surface area contributed by atoms with Crippen LogP contribution in [0.25, 0.3) is 0 Å². The van der Waals surface area contributed by atoms with Crippen molar-refractivity contribution in [3.63, 3.8) is 0 Å². The van der Waals surface area contributed by atoms with E-state index in [9.17, 15) is 18.0 Å². The van der Waals surface area contributed by atoms with Gasteiger partial charge in [-0.1, -0.05) is 35.8 Å². The average molecular weight is 439 g/mol. The third-order valence-corrected chi connectivity index (χ3v) is 4.77. The number of carbonyl (C=O) groups excluding carboxylic acids is 1. The number of amides is 1. The van der Waals surface area contributed by atoms with Crippen LogP contribution in [0.5, 0.6) is 5.75 Å². The number of halogens is 4. The summed E-state index contributed by atoms with van der Waals surface area (Å²) < 4.78 is 49.9. The van der Waals surface area contributed by atoms with Crippen molar-refractivity contribution >= 4 is 23.2 Å². The van der Waals surface area contributed by atoms with Crippen molar-refractivity contribution in [2.75, 3.05) is 5.32 Å². The van der Waals surface area contributed by atoms with Crippen molar-refractivity contribution in [1.82, 2.24) is 5.16 Å². The summed E-state index contributed by atoms with van der Waals surface area (Å²) in [6.45, 7) is 3.67. The molecule has 0 unspecified atom stereocenters. The topological polar surface area (TPSA) is 64.4 Å². The number of nitrogens with one attached hydrogen (secondary N) is 1. The first-order valence-corrected chi connectivity index (χ1v) is 9.41. The molecule has 158 valence electrons. The Hall–Kier alpha value is -3.00. The van der Waals surface area contributed by atoms with Crippen molar-refractivity contribution in [3.05, 3.63) is 75.6 Å². The van der Waals surface area contributed by atoms with Gasteiger partial charge in [-0.2, -0.15) is 13.2 Å². The zero-order chi connectivity index (χ0) is 21.9. The predicted octanol–water partition coefficient (Wildman–Crippen LogP) is 6.05. The second-order valence-electron chi connectivity index (χ2n) is 6.50. The molecule has 1 amide bonds. The van der Waals surface area contributed by atoms with Gasteiger partial charge in [-0.05, 0) is 49.2 Å². The van der Waals surface area contributed by atoms with Crippen molar-refractivity contribution in [2.45, 2.75) is 33.1 Å². The maximum absolute atomic E-state index is 13.0. The lowest BCUT2D eigenvalue weighted by Gasteiger charge is -2.12. The molecule has 0 atom stereocenters. The highest BCUT2D eigenvalue weighted by atomic mass is 35.5. The normalized spacial score (nSPS) is 11.4. The monoisotopic (exact) mass is 438 g/mol. The fraction of sp³-hybridized carbons (Fsp3) is 0.238. The first-order chi connectivity index (χ1) is 14.2. The van der Waals surface area contributed by atoms with E-state index in [-0.39, 0.29) is 18.0 Å². The number of hydrogen-bond donors (Lipinski definition) is 1. The standard InChI is InChI=1S/C21H18ClF3N2O3/c1-3-13-4-7-15(8-5-13)29-11-16-12(2)30-27-19(16)20(28)26-14-6-9-18(22)17(10-14)21(23,24)25/h4-10H,3,11H2,1-2H3,(H,26,28).